The molecule has 0 saturated carbocycles. The van der Waals surface area contributed by atoms with Gasteiger partial charge in [0.05, 0.1) is 13.2 Å². The largest absolute Gasteiger partial charge is 0.478 e. The molecule has 13 heavy (non-hydrogen) atoms. The van der Waals surface area contributed by atoms with Crippen molar-refractivity contribution >= 4 is 11.9 Å². The van der Waals surface area contributed by atoms with Gasteiger partial charge >= 0.3 is 11.9 Å². The molecule has 6 heteroatoms. The van der Waals surface area contributed by atoms with Gasteiger partial charge in [-0.3, -0.25) is 0 Å². The van der Waals surface area contributed by atoms with Crippen LogP contribution in [0.5, 0.6) is 0 Å². The highest BCUT2D eigenvalue weighted by atomic mass is 16.4. The molecule has 0 amide bonds. The van der Waals surface area contributed by atoms with E-state index in [1.165, 1.54) is 6.92 Å². The minimum atomic E-state index is -1.24. The summed E-state index contributed by atoms with van der Waals surface area (Å²) in [6, 6.07) is 0. The molecule has 0 radical (unpaired) electrons. The van der Waals surface area contributed by atoms with Gasteiger partial charge < -0.3 is 20.4 Å². The van der Waals surface area contributed by atoms with E-state index < -0.39 is 11.9 Å². The predicted octanol–water partition coefficient (Wildman–Crippen LogP) is -0.927. The third kappa shape index (κ3) is 13.6. The van der Waals surface area contributed by atoms with Gasteiger partial charge in [-0.05, 0) is 6.92 Å². The van der Waals surface area contributed by atoms with Crippen molar-refractivity contribution in [1.29, 1.82) is 0 Å². The SMILES string of the molecule is C/C(=C/C(=O)O)C(=O)O.OCCO. The number of carbonyl (C=O) groups is 2. The van der Waals surface area contributed by atoms with Crippen molar-refractivity contribution < 1.29 is 30.0 Å². The van der Waals surface area contributed by atoms with Crippen LogP contribution in [0, 0.1) is 0 Å². The number of carboxylic acids is 2. The van der Waals surface area contributed by atoms with E-state index in [1.807, 2.05) is 0 Å². The number of rotatable bonds is 3. The van der Waals surface area contributed by atoms with Crippen molar-refractivity contribution in [3.05, 3.63) is 11.6 Å². The van der Waals surface area contributed by atoms with Gasteiger partial charge in [0.1, 0.15) is 0 Å². The first-order valence-corrected chi connectivity index (χ1v) is 3.32. The van der Waals surface area contributed by atoms with E-state index in [4.69, 9.17) is 20.4 Å². The van der Waals surface area contributed by atoms with E-state index in [0.717, 1.165) is 0 Å². The maximum Gasteiger partial charge on any atom is 0.331 e. The fourth-order valence-electron chi connectivity index (χ4n) is 0.247. The van der Waals surface area contributed by atoms with Crippen LogP contribution in [0.4, 0.5) is 0 Å². The first kappa shape index (κ1) is 14.1. The Kier molecular flexibility index (Phi) is 9.46. The van der Waals surface area contributed by atoms with Gasteiger partial charge in [-0.25, -0.2) is 9.59 Å². The average molecular weight is 192 g/mol. The molecule has 6 nitrogen and oxygen atoms in total. The Bertz CT molecular complexity index is 193. The summed E-state index contributed by atoms with van der Waals surface area (Å²) < 4.78 is 0. The summed E-state index contributed by atoms with van der Waals surface area (Å²) in [5.74, 6) is -2.45. The Morgan fingerprint density at radius 2 is 1.54 bits per heavy atom. The first-order chi connectivity index (χ1) is 5.95. The molecule has 0 aliphatic carbocycles. The zero-order valence-corrected chi connectivity index (χ0v) is 7.10. The normalized spacial score (nSPS) is 9.92. The van der Waals surface area contributed by atoms with Crippen LogP contribution in [-0.2, 0) is 9.59 Å². The molecule has 0 saturated heterocycles. The molecule has 0 aromatic carbocycles. The average Bonchev–Trinajstić information content (AvgIpc) is 2.03. The molecule has 0 rings (SSSR count). The molecular formula is C7H12O6. The highest BCUT2D eigenvalue weighted by molar-refractivity contribution is 5.93. The van der Waals surface area contributed by atoms with Crippen LogP contribution < -0.4 is 0 Å². The summed E-state index contributed by atoms with van der Waals surface area (Å²) in [5, 5.41) is 31.3. The van der Waals surface area contributed by atoms with Gasteiger partial charge in [0.25, 0.3) is 0 Å². The molecule has 0 bridgehead atoms. The third-order valence-corrected chi connectivity index (χ3v) is 0.777. The molecular weight excluding hydrogens is 180 g/mol. The molecule has 0 fully saturated rings. The van der Waals surface area contributed by atoms with Gasteiger partial charge in [0.2, 0.25) is 0 Å². The molecule has 76 valence electrons. The number of aliphatic hydroxyl groups is 2. The quantitative estimate of drug-likeness (QED) is 0.429. The second-order valence-corrected chi connectivity index (χ2v) is 1.92. The van der Waals surface area contributed by atoms with Crippen molar-refractivity contribution in [2.45, 2.75) is 6.92 Å². The molecule has 0 heterocycles. The van der Waals surface area contributed by atoms with Crippen molar-refractivity contribution in [2.75, 3.05) is 13.2 Å². The van der Waals surface area contributed by atoms with Gasteiger partial charge in [0.15, 0.2) is 0 Å². The maximum absolute atomic E-state index is 9.90. The van der Waals surface area contributed by atoms with Crippen LogP contribution in [0.25, 0.3) is 0 Å². The van der Waals surface area contributed by atoms with Crippen LogP contribution >= 0.6 is 0 Å². The van der Waals surface area contributed by atoms with E-state index in [1.54, 1.807) is 0 Å². The Morgan fingerprint density at radius 3 is 1.62 bits per heavy atom. The molecule has 0 aromatic rings. The van der Waals surface area contributed by atoms with E-state index in [-0.39, 0.29) is 18.8 Å². The maximum atomic E-state index is 9.90. The summed E-state index contributed by atoms with van der Waals surface area (Å²) in [6.07, 6.45) is 0.641. The molecule has 0 aliphatic heterocycles. The Hall–Kier alpha value is -1.40. The Labute approximate surface area is 74.7 Å². The summed E-state index contributed by atoms with van der Waals surface area (Å²) in [6.45, 7) is 0.969. The molecule has 0 aliphatic rings. The lowest BCUT2D eigenvalue weighted by Crippen LogP contribution is -1.99. The minimum Gasteiger partial charge on any atom is -0.478 e. The predicted molar refractivity (Wildman–Crippen MR) is 43.2 cm³/mol. The van der Waals surface area contributed by atoms with Crippen LogP contribution in [0.1, 0.15) is 6.92 Å². The second kappa shape index (κ2) is 8.69. The van der Waals surface area contributed by atoms with Gasteiger partial charge in [0, 0.05) is 11.6 Å². The zero-order valence-electron chi connectivity index (χ0n) is 7.10. The fourth-order valence-corrected chi connectivity index (χ4v) is 0.247. The molecule has 0 aromatic heterocycles. The van der Waals surface area contributed by atoms with Crippen molar-refractivity contribution in [3.8, 4) is 0 Å². The number of hydrogen-bond acceptors (Lipinski definition) is 4. The lowest BCUT2D eigenvalue weighted by Gasteiger charge is -1.86. The topological polar surface area (TPSA) is 115 Å². The van der Waals surface area contributed by atoms with Gasteiger partial charge in [-0.1, -0.05) is 0 Å². The summed E-state index contributed by atoms with van der Waals surface area (Å²) in [5.41, 5.74) is -0.178. The first-order valence-electron chi connectivity index (χ1n) is 3.32. The van der Waals surface area contributed by atoms with Gasteiger partial charge in [-0.2, -0.15) is 0 Å². The van der Waals surface area contributed by atoms with E-state index in [2.05, 4.69) is 0 Å². The summed E-state index contributed by atoms with van der Waals surface area (Å²) in [4.78, 5) is 19.7. The van der Waals surface area contributed by atoms with Gasteiger partial charge in [-0.15, -0.1) is 0 Å². The number of carboxylic acid groups (broad SMARTS) is 2. The van der Waals surface area contributed by atoms with Crippen molar-refractivity contribution in [2.24, 2.45) is 0 Å². The van der Waals surface area contributed by atoms with Crippen molar-refractivity contribution in [3.63, 3.8) is 0 Å². The molecule has 0 spiro atoms. The molecule has 0 unspecified atom stereocenters. The van der Waals surface area contributed by atoms with Crippen LogP contribution in [0.3, 0.4) is 0 Å². The third-order valence-electron chi connectivity index (χ3n) is 0.777. The Morgan fingerprint density at radius 1 is 1.15 bits per heavy atom. The standard InChI is InChI=1S/C5H6O4.C2H6O2/c1-3(5(8)9)2-4(6)7;3-1-2-4/h2H,1H3,(H,6,7)(H,8,9);3-4H,1-2H2/b3-2-;. The number of hydrogen-bond donors (Lipinski definition) is 4. The van der Waals surface area contributed by atoms with Crippen LogP contribution in [0.2, 0.25) is 0 Å². The summed E-state index contributed by atoms with van der Waals surface area (Å²) >= 11 is 0. The highest BCUT2D eigenvalue weighted by Crippen LogP contribution is 1.89. The summed E-state index contributed by atoms with van der Waals surface area (Å²) in [7, 11) is 0. The number of aliphatic hydroxyl groups excluding tert-OH is 2. The van der Waals surface area contributed by atoms with Crippen LogP contribution in [-0.4, -0.2) is 45.6 Å². The van der Waals surface area contributed by atoms with Crippen LogP contribution in [0.15, 0.2) is 11.6 Å². The number of aliphatic carboxylic acids is 2. The van der Waals surface area contributed by atoms with E-state index in [9.17, 15) is 9.59 Å². The molecule has 0 atom stereocenters. The smallest absolute Gasteiger partial charge is 0.331 e. The minimum absolute atomic E-state index is 0.125. The Balaban J connectivity index is 0. The van der Waals surface area contributed by atoms with E-state index in [0.29, 0.717) is 6.08 Å². The lowest BCUT2D eigenvalue weighted by atomic mass is 10.3. The monoisotopic (exact) mass is 192 g/mol. The highest BCUT2D eigenvalue weighted by Gasteiger charge is 2.00. The second-order valence-electron chi connectivity index (χ2n) is 1.92. The zero-order chi connectivity index (χ0) is 10.9. The molecule has 4 N–H and O–H groups in total. The van der Waals surface area contributed by atoms with Crippen molar-refractivity contribution in [1.82, 2.24) is 0 Å². The fraction of sp³-hybridized carbons (Fsp3) is 0.429. The lowest BCUT2D eigenvalue weighted by molar-refractivity contribution is -0.135. The van der Waals surface area contributed by atoms with E-state index >= 15 is 0 Å².